The average molecular weight is 422 g/mol. The second-order valence-corrected chi connectivity index (χ2v) is 9.15. The van der Waals surface area contributed by atoms with Crippen molar-refractivity contribution in [3.8, 4) is 0 Å². The molecular formula is C22H32ClN3O3. The number of likely N-dealkylation sites (tertiary alicyclic amines) is 1. The molecule has 3 aliphatic heterocycles. The summed E-state index contributed by atoms with van der Waals surface area (Å²) in [5, 5.41) is 0. The number of aromatic nitrogens is 1. The van der Waals surface area contributed by atoms with Crippen molar-refractivity contribution in [1.29, 1.82) is 0 Å². The fraction of sp³-hybridized carbons (Fsp3) is 0.727. The number of amides is 1. The molecule has 4 heterocycles. The summed E-state index contributed by atoms with van der Waals surface area (Å²) in [5.74, 6) is 0.371. The maximum Gasteiger partial charge on any atom is 0.267 e. The van der Waals surface area contributed by atoms with Crippen molar-refractivity contribution in [3.63, 3.8) is 0 Å². The maximum atomic E-state index is 11.7. The van der Waals surface area contributed by atoms with E-state index < -0.39 is 5.91 Å². The molecule has 7 heteroatoms. The molecule has 4 fully saturated rings. The van der Waals surface area contributed by atoms with Crippen LogP contribution in [0.1, 0.15) is 61.0 Å². The van der Waals surface area contributed by atoms with E-state index in [-0.39, 0.29) is 18.0 Å². The van der Waals surface area contributed by atoms with Crippen molar-refractivity contribution in [3.05, 3.63) is 29.6 Å². The number of nitrogens with zero attached hydrogens (tertiary/aromatic N) is 2. The highest BCUT2D eigenvalue weighted by Crippen LogP contribution is 2.52. The topological polar surface area (TPSA) is 77.7 Å². The Hall–Kier alpha value is -1.21. The summed E-state index contributed by atoms with van der Waals surface area (Å²) >= 11 is 0. The smallest absolute Gasteiger partial charge is 0.267 e. The van der Waals surface area contributed by atoms with Gasteiger partial charge in [-0.2, -0.15) is 0 Å². The van der Waals surface area contributed by atoms with Gasteiger partial charge in [0.15, 0.2) is 0 Å². The first-order chi connectivity index (χ1) is 13.6. The third-order valence-electron chi connectivity index (χ3n) is 7.81. The van der Waals surface area contributed by atoms with Crippen molar-refractivity contribution in [2.45, 2.75) is 68.8 Å². The minimum Gasteiger partial charge on any atom is -0.375 e. The molecule has 1 aromatic rings. The summed E-state index contributed by atoms with van der Waals surface area (Å²) in [7, 11) is 1.83. The molecule has 2 N–H and O–H groups in total. The third kappa shape index (κ3) is 3.48. The lowest BCUT2D eigenvalue weighted by Crippen LogP contribution is -2.61. The first-order valence-corrected chi connectivity index (χ1v) is 10.8. The quantitative estimate of drug-likeness (QED) is 0.808. The van der Waals surface area contributed by atoms with Gasteiger partial charge in [0.05, 0.1) is 12.2 Å². The zero-order valence-corrected chi connectivity index (χ0v) is 17.9. The number of primary amides is 1. The van der Waals surface area contributed by atoms with E-state index in [1.54, 1.807) is 6.20 Å². The van der Waals surface area contributed by atoms with E-state index in [0.717, 1.165) is 31.5 Å². The van der Waals surface area contributed by atoms with Gasteiger partial charge in [-0.3, -0.25) is 14.7 Å². The van der Waals surface area contributed by atoms with E-state index >= 15 is 0 Å². The molecule has 6 atom stereocenters. The van der Waals surface area contributed by atoms with E-state index in [1.165, 1.54) is 32.1 Å². The SMILES string of the molecule is COC1(c2ccnc(C(N)=O)c2)[C@@H]2CCC[C@H]1CN([C@@H]1C[C@H]3CC[C@@H](C1)O3)C2.Cl. The zero-order valence-electron chi connectivity index (χ0n) is 17.1. The van der Waals surface area contributed by atoms with Crippen molar-refractivity contribution in [2.75, 3.05) is 20.2 Å². The molecule has 1 amide bonds. The van der Waals surface area contributed by atoms with Crippen LogP contribution in [0, 0.1) is 11.8 Å². The Morgan fingerprint density at radius 1 is 1.21 bits per heavy atom. The van der Waals surface area contributed by atoms with E-state index in [9.17, 15) is 4.79 Å². The van der Waals surface area contributed by atoms with Crippen LogP contribution in [0.25, 0.3) is 0 Å². The summed E-state index contributed by atoms with van der Waals surface area (Å²) < 4.78 is 12.4. The van der Waals surface area contributed by atoms with Gasteiger partial charge in [0.25, 0.3) is 5.91 Å². The summed E-state index contributed by atoms with van der Waals surface area (Å²) in [6.45, 7) is 2.12. The molecule has 5 rings (SSSR count). The van der Waals surface area contributed by atoms with Crippen LogP contribution in [-0.4, -0.2) is 54.2 Å². The Bertz CT molecular complexity index is 735. The molecule has 4 bridgehead atoms. The molecule has 4 aliphatic rings. The van der Waals surface area contributed by atoms with Crippen LogP contribution in [0.15, 0.2) is 18.3 Å². The lowest BCUT2D eigenvalue weighted by Gasteiger charge is -2.57. The molecule has 3 saturated heterocycles. The number of hydrogen-bond donors (Lipinski definition) is 1. The van der Waals surface area contributed by atoms with Gasteiger partial charge in [-0.1, -0.05) is 6.42 Å². The largest absolute Gasteiger partial charge is 0.375 e. The number of methoxy groups -OCH3 is 1. The Kier molecular flexibility index (Phi) is 5.90. The fourth-order valence-corrected chi connectivity index (χ4v) is 6.62. The highest BCUT2D eigenvalue weighted by atomic mass is 35.5. The molecule has 0 radical (unpaired) electrons. The summed E-state index contributed by atoms with van der Waals surface area (Å²) in [4.78, 5) is 18.6. The van der Waals surface area contributed by atoms with Crippen LogP contribution in [0.2, 0.25) is 0 Å². The monoisotopic (exact) mass is 421 g/mol. The minimum absolute atomic E-state index is 0. The van der Waals surface area contributed by atoms with Crippen LogP contribution < -0.4 is 5.73 Å². The number of piperidine rings is 1. The molecule has 0 spiro atoms. The average Bonchev–Trinajstić information content (AvgIpc) is 3.04. The van der Waals surface area contributed by atoms with Crippen LogP contribution in [-0.2, 0) is 15.1 Å². The molecule has 1 aliphatic carbocycles. The van der Waals surface area contributed by atoms with Gasteiger partial charge in [0, 0.05) is 44.3 Å². The van der Waals surface area contributed by atoms with E-state index in [2.05, 4.69) is 9.88 Å². The Balaban J connectivity index is 0.00000205. The first kappa shape index (κ1) is 21.0. The predicted octanol–water partition coefficient (Wildman–Crippen LogP) is 2.89. The van der Waals surface area contributed by atoms with Gasteiger partial charge in [-0.15, -0.1) is 12.4 Å². The number of hydrogen-bond acceptors (Lipinski definition) is 5. The molecule has 1 unspecified atom stereocenters. The van der Waals surface area contributed by atoms with Crippen molar-refractivity contribution < 1.29 is 14.3 Å². The number of fused-ring (bicyclic) bond motifs is 4. The van der Waals surface area contributed by atoms with Crippen molar-refractivity contribution in [2.24, 2.45) is 17.6 Å². The minimum atomic E-state index is -0.478. The summed E-state index contributed by atoms with van der Waals surface area (Å²) in [5.41, 5.74) is 6.56. The lowest BCUT2D eigenvalue weighted by molar-refractivity contribution is -0.180. The van der Waals surface area contributed by atoms with Gasteiger partial charge in [-0.05, 0) is 56.2 Å². The summed E-state index contributed by atoms with van der Waals surface area (Å²) in [6, 6.07) is 4.52. The van der Waals surface area contributed by atoms with Gasteiger partial charge in [-0.25, -0.2) is 0 Å². The van der Waals surface area contributed by atoms with Crippen LogP contribution in [0.4, 0.5) is 0 Å². The molecule has 1 saturated carbocycles. The van der Waals surface area contributed by atoms with Gasteiger partial charge < -0.3 is 15.2 Å². The van der Waals surface area contributed by atoms with Gasteiger partial charge in [0.2, 0.25) is 0 Å². The van der Waals surface area contributed by atoms with Crippen LogP contribution >= 0.6 is 12.4 Å². The number of halogens is 1. The number of nitrogens with two attached hydrogens (primary N) is 1. The second-order valence-electron chi connectivity index (χ2n) is 9.15. The van der Waals surface area contributed by atoms with E-state index in [0.29, 0.717) is 35.8 Å². The second kappa shape index (κ2) is 8.14. The van der Waals surface area contributed by atoms with Gasteiger partial charge in [0.1, 0.15) is 11.3 Å². The molecule has 6 nitrogen and oxygen atoms in total. The predicted molar refractivity (Wildman–Crippen MR) is 112 cm³/mol. The molecule has 29 heavy (non-hydrogen) atoms. The molecule has 0 aromatic carbocycles. The highest BCUT2D eigenvalue weighted by Gasteiger charge is 2.54. The molecule has 160 valence electrons. The Morgan fingerprint density at radius 3 is 2.45 bits per heavy atom. The number of ether oxygens (including phenoxy) is 2. The van der Waals surface area contributed by atoms with Crippen LogP contribution in [0.5, 0.6) is 0 Å². The van der Waals surface area contributed by atoms with Gasteiger partial charge >= 0.3 is 0 Å². The fourth-order valence-electron chi connectivity index (χ4n) is 6.62. The number of rotatable bonds is 4. The number of pyridine rings is 1. The standard InChI is InChI=1S/C22H31N3O3.ClH/c1-27-22(14-7-8-24-20(9-14)21(23)26)15-3-2-4-16(22)13-25(12-15)17-10-18-5-6-19(11-17)28-18;/h7-9,15-19H,2-6,10-13H2,1H3,(H2,23,26);1H/t15-,16+,17-,18-,19+,22?;. The normalized spacial score (nSPS) is 39.0. The Labute approximate surface area is 178 Å². The summed E-state index contributed by atoms with van der Waals surface area (Å²) in [6.07, 6.45) is 11.0. The molecular weight excluding hydrogens is 390 g/mol. The van der Waals surface area contributed by atoms with E-state index in [1.807, 2.05) is 19.2 Å². The van der Waals surface area contributed by atoms with Crippen molar-refractivity contribution >= 4 is 18.3 Å². The number of carbonyl (C=O) groups is 1. The maximum absolute atomic E-state index is 11.7. The molecule has 1 aromatic heterocycles. The van der Waals surface area contributed by atoms with Crippen molar-refractivity contribution in [1.82, 2.24) is 9.88 Å². The first-order valence-electron chi connectivity index (χ1n) is 10.8. The highest BCUT2D eigenvalue weighted by molar-refractivity contribution is 5.90. The van der Waals surface area contributed by atoms with E-state index in [4.69, 9.17) is 15.2 Å². The third-order valence-corrected chi connectivity index (χ3v) is 7.81. The Morgan fingerprint density at radius 2 is 1.86 bits per heavy atom. The zero-order chi connectivity index (χ0) is 19.3. The number of carbonyl (C=O) groups excluding carboxylic acids is 1. The van der Waals surface area contributed by atoms with Crippen LogP contribution in [0.3, 0.4) is 0 Å². The lowest BCUT2D eigenvalue weighted by atomic mass is 9.62.